The second-order valence-corrected chi connectivity index (χ2v) is 7.16. The first-order valence-electron chi connectivity index (χ1n) is 9.10. The largest absolute Gasteiger partial charge is 0.586 e. The molecule has 5 nitrogen and oxygen atoms in total. The Morgan fingerprint density at radius 2 is 1.79 bits per heavy atom. The Bertz CT molecular complexity index is 1130. The van der Waals surface area contributed by atoms with Crippen molar-refractivity contribution in [1.29, 1.82) is 0 Å². The number of carboxylic acid groups (broad SMARTS) is 1. The van der Waals surface area contributed by atoms with Gasteiger partial charge in [-0.05, 0) is 54.3 Å². The van der Waals surface area contributed by atoms with E-state index in [-0.39, 0.29) is 28.9 Å². The molecule has 1 saturated carbocycles. The average Bonchev–Trinajstić information content (AvgIpc) is 3.44. The maximum Gasteiger partial charge on any atom is 0.586 e. The molecule has 0 radical (unpaired) electrons. The van der Waals surface area contributed by atoms with Crippen molar-refractivity contribution in [3.8, 4) is 22.8 Å². The van der Waals surface area contributed by atoms with Crippen molar-refractivity contribution in [3.05, 3.63) is 77.5 Å². The third-order valence-corrected chi connectivity index (χ3v) is 5.20. The van der Waals surface area contributed by atoms with Gasteiger partial charge in [-0.25, -0.2) is 4.79 Å². The molecule has 5 rings (SSSR count). The van der Waals surface area contributed by atoms with Crippen molar-refractivity contribution >= 4 is 5.97 Å². The molecule has 2 heterocycles. The number of benzene rings is 2. The predicted octanol–water partition coefficient (Wildman–Crippen LogP) is 5.04. The van der Waals surface area contributed by atoms with Gasteiger partial charge in [0.2, 0.25) is 0 Å². The smallest absolute Gasteiger partial charge is 0.478 e. The molecule has 0 amide bonds. The second kappa shape index (κ2) is 6.27. The first-order valence-corrected chi connectivity index (χ1v) is 9.10. The summed E-state index contributed by atoms with van der Waals surface area (Å²) in [5.74, 6) is -0.580. The molecule has 3 aromatic rings. The Hall–Kier alpha value is -3.48. The van der Waals surface area contributed by atoms with Gasteiger partial charge in [-0.2, -0.15) is 0 Å². The highest BCUT2D eigenvalue weighted by Crippen LogP contribution is 2.56. The molecule has 1 N–H and O–H groups in total. The Kier molecular flexibility index (Phi) is 3.81. The number of pyridine rings is 1. The van der Waals surface area contributed by atoms with Gasteiger partial charge in [0.15, 0.2) is 11.5 Å². The minimum Gasteiger partial charge on any atom is -0.478 e. The number of alkyl halides is 2. The van der Waals surface area contributed by atoms with Crippen LogP contribution >= 0.6 is 0 Å². The fourth-order valence-electron chi connectivity index (χ4n) is 3.72. The van der Waals surface area contributed by atoms with E-state index in [9.17, 15) is 18.7 Å². The molecule has 0 saturated heterocycles. The molecule has 2 aromatic carbocycles. The zero-order chi connectivity index (χ0) is 20.2. The first-order chi connectivity index (χ1) is 13.9. The van der Waals surface area contributed by atoms with E-state index in [1.165, 1.54) is 12.1 Å². The van der Waals surface area contributed by atoms with Gasteiger partial charge in [-0.1, -0.05) is 24.3 Å². The number of nitrogens with zero attached hydrogens (tertiary/aromatic N) is 1. The number of hydrogen-bond donors (Lipinski definition) is 1. The summed E-state index contributed by atoms with van der Waals surface area (Å²) in [7, 11) is 0. The Morgan fingerprint density at radius 1 is 1.00 bits per heavy atom. The maximum absolute atomic E-state index is 13.2. The minimum atomic E-state index is -3.62. The van der Waals surface area contributed by atoms with E-state index in [0.717, 1.165) is 23.2 Å². The van der Waals surface area contributed by atoms with Gasteiger partial charge in [-0.3, -0.25) is 4.98 Å². The SMILES string of the molecule is O=C(O)c1cccc(-c2cccc(C3CC3c3ccc4c(c3)OC(F)(F)O4)n2)c1. The highest BCUT2D eigenvalue weighted by Gasteiger charge is 2.45. The lowest BCUT2D eigenvalue weighted by Gasteiger charge is -2.06. The Balaban J connectivity index is 1.38. The van der Waals surface area contributed by atoms with Crippen LogP contribution < -0.4 is 9.47 Å². The van der Waals surface area contributed by atoms with Crippen LogP contribution in [-0.2, 0) is 0 Å². The number of aromatic nitrogens is 1. The number of halogens is 2. The highest BCUT2D eigenvalue weighted by atomic mass is 19.3. The van der Waals surface area contributed by atoms with Crippen LogP contribution in [0.3, 0.4) is 0 Å². The van der Waals surface area contributed by atoms with Crippen LogP contribution in [0.1, 0.15) is 39.9 Å². The number of hydrogen-bond acceptors (Lipinski definition) is 4. The van der Waals surface area contributed by atoms with Crippen molar-refractivity contribution in [2.45, 2.75) is 24.6 Å². The van der Waals surface area contributed by atoms with Gasteiger partial charge in [0, 0.05) is 17.2 Å². The fourth-order valence-corrected chi connectivity index (χ4v) is 3.72. The van der Waals surface area contributed by atoms with E-state index in [4.69, 9.17) is 4.98 Å². The van der Waals surface area contributed by atoms with Crippen LogP contribution in [0.2, 0.25) is 0 Å². The maximum atomic E-state index is 13.2. The predicted molar refractivity (Wildman–Crippen MR) is 99.4 cm³/mol. The average molecular weight is 395 g/mol. The van der Waals surface area contributed by atoms with E-state index in [1.807, 2.05) is 24.3 Å². The van der Waals surface area contributed by atoms with Gasteiger partial charge in [0.05, 0.1) is 11.3 Å². The van der Waals surface area contributed by atoms with E-state index in [1.54, 1.807) is 24.3 Å². The summed E-state index contributed by atoms with van der Waals surface area (Å²) < 4.78 is 35.4. The molecule has 1 aliphatic heterocycles. The van der Waals surface area contributed by atoms with Crippen LogP contribution in [0, 0.1) is 0 Å². The Morgan fingerprint density at radius 3 is 2.62 bits per heavy atom. The molecule has 0 spiro atoms. The molecule has 1 fully saturated rings. The number of ether oxygens (including phenoxy) is 2. The van der Waals surface area contributed by atoms with Crippen molar-refractivity contribution in [3.63, 3.8) is 0 Å². The van der Waals surface area contributed by atoms with Gasteiger partial charge in [-0.15, -0.1) is 8.78 Å². The zero-order valence-corrected chi connectivity index (χ0v) is 15.0. The van der Waals surface area contributed by atoms with Crippen LogP contribution in [0.5, 0.6) is 11.5 Å². The molecule has 29 heavy (non-hydrogen) atoms. The van der Waals surface area contributed by atoms with E-state index in [0.29, 0.717) is 5.69 Å². The summed E-state index contributed by atoms with van der Waals surface area (Å²) >= 11 is 0. The zero-order valence-electron chi connectivity index (χ0n) is 15.0. The molecular formula is C22H15F2NO4. The van der Waals surface area contributed by atoms with Gasteiger partial charge < -0.3 is 14.6 Å². The highest BCUT2D eigenvalue weighted by molar-refractivity contribution is 5.89. The van der Waals surface area contributed by atoms with Gasteiger partial charge >= 0.3 is 12.3 Å². The van der Waals surface area contributed by atoms with Crippen molar-refractivity contribution in [1.82, 2.24) is 4.98 Å². The summed E-state index contributed by atoms with van der Waals surface area (Å²) in [6, 6.07) is 17.2. The molecule has 2 unspecified atom stereocenters. The quantitative estimate of drug-likeness (QED) is 0.670. The molecule has 0 bridgehead atoms. The second-order valence-electron chi connectivity index (χ2n) is 7.16. The summed E-state index contributed by atoms with van der Waals surface area (Å²) in [4.78, 5) is 15.9. The molecule has 1 aromatic heterocycles. The molecule has 7 heteroatoms. The molecule has 146 valence electrons. The first kappa shape index (κ1) is 17.6. The lowest BCUT2D eigenvalue weighted by atomic mass is 10.0. The number of rotatable bonds is 4. The fraction of sp³-hybridized carbons (Fsp3) is 0.182. The summed E-state index contributed by atoms with van der Waals surface area (Å²) in [5.41, 5.74) is 3.42. The van der Waals surface area contributed by atoms with Crippen molar-refractivity contribution < 1.29 is 28.2 Å². The molecule has 2 atom stereocenters. The third-order valence-electron chi connectivity index (χ3n) is 5.20. The third kappa shape index (κ3) is 3.29. The molecule has 1 aliphatic carbocycles. The minimum absolute atomic E-state index is 0.0365. The topological polar surface area (TPSA) is 68.7 Å². The standard InChI is InChI=1S/C22H15F2NO4/c23-22(24)28-19-8-7-12(10-20(19)29-22)15-11-16(15)18-6-2-5-17(25-18)13-3-1-4-14(9-13)21(26)27/h1-10,15-16H,11H2,(H,26,27). The van der Waals surface area contributed by atoms with Crippen LogP contribution in [0.25, 0.3) is 11.3 Å². The molecular weight excluding hydrogens is 380 g/mol. The summed E-state index contributed by atoms with van der Waals surface area (Å²) in [5, 5.41) is 9.18. The van der Waals surface area contributed by atoms with Crippen molar-refractivity contribution in [2.75, 3.05) is 0 Å². The van der Waals surface area contributed by atoms with Crippen LogP contribution in [0.15, 0.2) is 60.7 Å². The number of carbonyl (C=O) groups is 1. The van der Waals surface area contributed by atoms with E-state index >= 15 is 0 Å². The van der Waals surface area contributed by atoms with Crippen molar-refractivity contribution in [2.24, 2.45) is 0 Å². The van der Waals surface area contributed by atoms with Gasteiger partial charge in [0.25, 0.3) is 0 Å². The Labute approximate surface area is 164 Å². The summed E-state index contributed by atoms with van der Waals surface area (Å²) in [6.45, 7) is 0. The lowest BCUT2D eigenvalue weighted by molar-refractivity contribution is -0.286. The van der Waals surface area contributed by atoms with Crippen LogP contribution in [-0.4, -0.2) is 22.4 Å². The summed E-state index contributed by atoms with van der Waals surface area (Å²) in [6.07, 6.45) is -2.77. The normalized spacial score (nSPS) is 21.0. The van der Waals surface area contributed by atoms with Gasteiger partial charge in [0.1, 0.15) is 0 Å². The number of carboxylic acids is 1. The monoisotopic (exact) mass is 395 g/mol. The van der Waals surface area contributed by atoms with E-state index in [2.05, 4.69) is 9.47 Å². The number of aromatic carboxylic acids is 1. The number of fused-ring (bicyclic) bond motifs is 1. The van der Waals surface area contributed by atoms with Crippen LogP contribution in [0.4, 0.5) is 8.78 Å². The lowest BCUT2D eigenvalue weighted by Crippen LogP contribution is -2.25. The van der Waals surface area contributed by atoms with E-state index < -0.39 is 12.3 Å². The molecule has 2 aliphatic rings.